The lowest BCUT2D eigenvalue weighted by Crippen LogP contribution is -2.28. The van der Waals surface area contributed by atoms with Crippen molar-refractivity contribution in [3.63, 3.8) is 0 Å². The van der Waals surface area contributed by atoms with Crippen LogP contribution in [0.3, 0.4) is 0 Å². The minimum absolute atomic E-state index is 0.183. The van der Waals surface area contributed by atoms with E-state index in [0.29, 0.717) is 5.82 Å². The largest absolute Gasteiger partial charge is 0.394 e. The fraction of sp³-hybridized carbons (Fsp3) is 0.333. The molecule has 17 heavy (non-hydrogen) atoms. The fourth-order valence-electron chi connectivity index (χ4n) is 1.37. The third-order valence-electron chi connectivity index (χ3n) is 2.24. The van der Waals surface area contributed by atoms with E-state index in [4.69, 9.17) is 16.1 Å². The Labute approximate surface area is 101 Å². The Kier molecular flexibility index (Phi) is 3.69. The van der Waals surface area contributed by atoms with Gasteiger partial charge in [0.15, 0.2) is 0 Å². The number of hydrazine groups is 1. The normalized spacial score (nSPS) is 11.1. The van der Waals surface area contributed by atoms with Crippen LogP contribution in [-0.2, 0) is 0 Å². The van der Waals surface area contributed by atoms with Gasteiger partial charge in [0.05, 0.1) is 24.6 Å². The van der Waals surface area contributed by atoms with E-state index in [0.717, 1.165) is 10.2 Å². The molecule has 0 radical (unpaired) electrons. The van der Waals surface area contributed by atoms with Gasteiger partial charge in [0.25, 0.3) is 0 Å². The quantitative estimate of drug-likeness (QED) is 0.369. The van der Waals surface area contributed by atoms with Crippen molar-refractivity contribution >= 4 is 33.3 Å². The Morgan fingerprint density at radius 3 is 2.76 bits per heavy atom. The summed E-state index contributed by atoms with van der Waals surface area (Å²) in [5, 5.41) is 23.7. The maximum atomic E-state index is 9.03. The molecule has 0 aliphatic heterocycles. The Morgan fingerprint density at radius 1 is 1.35 bits per heavy atom. The highest BCUT2D eigenvalue weighted by Gasteiger charge is 2.12. The van der Waals surface area contributed by atoms with Crippen molar-refractivity contribution in [1.82, 2.24) is 9.97 Å². The van der Waals surface area contributed by atoms with Crippen molar-refractivity contribution in [1.29, 1.82) is 0 Å². The molecule has 2 aromatic rings. The van der Waals surface area contributed by atoms with Gasteiger partial charge in [0.1, 0.15) is 10.6 Å². The zero-order valence-corrected chi connectivity index (χ0v) is 9.74. The van der Waals surface area contributed by atoms with Gasteiger partial charge in [-0.1, -0.05) is 0 Å². The van der Waals surface area contributed by atoms with E-state index in [-0.39, 0.29) is 19.2 Å². The highest BCUT2D eigenvalue weighted by atomic mass is 32.1. The van der Waals surface area contributed by atoms with Crippen molar-refractivity contribution in [2.45, 2.75) is 6.04 Å². The van der Waals surface area contributed by atoms with Gasteiger partial charge in [-0.25, -0.2) is 10.8 Å². The number of thiophene rings is 1. The summed E-state index contributed by atoms with van der Waals surface area (Å²) in [7, 11) is 0. The van der Waals surface area contributed by atoms with E-state index in [9.17, 15) is 0 Å². The first kappa shape index (κ1) is 12.0. The molecule has 0 fully saturated rings. The minimum atomic E-state index is -0.460. The smallest absolute Gasteiger partial charge is 0.240 e. The molecule has 0 aromatic carbocycles. The number of hydrogen-bond donors (Lipinski definition) is 5. The molecule has 0 amide bonds. The monoisotopic (exact) mass is 255 g/mol. The first-order valence-corrected chi connectivity index (χ1v) is 5.86. The molecule has 7 nitrogen and oxygen atoms in total. The first-order valence-electron chi connectivity index (χ1n) is 4.98. The first-order chi connectivity index (χ1) is 8.28. The number of rotatable bonds is 5. The molecular weight excluding hydrogens is 242 g/mol. The average molecular weight is 255 g/mol. The highest BCUT2D eigenvalue weighted by Crippen LogP contribution is 2.26. The molecule has 0 aliphatic rings. The van der Waals surface area contributed by atoms with Crippen LogP contribution in [-0.4, -0.2) is 39.4 Å². The summed E-state index contributed by atoms with van der Waals surface area (Å²) in [6.45, 7) is -0.366. The molecule has 0 aliphatic carbocycles. The number of fused-ring (bicyclic) bond motifs is 1. The second-order valence-electron chi connectivity index (χ2n) is 3.39. The standard InChI is InChI=1S/C9H13N5O2S/c10-14-9-12-7(11-5(3-15)4-16)6-1-2-17-8(6)13-9/h1-2,5,15-16H,3-4,10H2,(H2,11,12,13,14). The summed E-state index contributed by atoms with van der Waals surface area (Å²) in [4.78, 5) is 9.12. The number of aliphatic hydroxyl groups excluding tert-OH is 2. The summed E-state index contributed by atoms with van der Waals surface area (Å²) in [6, 6.07) is 1.41. The van der Waals surface area contributed by atoms with E-state index >= 15 is 0 Å². The molecule has 8 heteroatoms. The Hall–Kier alpha value is -1.48. The Bertz CT molecular complexity index is 499. The number of nitrogen functional groups attached to an aromatic ring is 1. The van der Waals surface area contributed by atoms with Crippen LogP contribution in [0.15, 0.2) is 11.4 Å². The molecule has 2 aromatic heterocycles. The van der Waals surface area contributed by atoms with Gasteiger partial charge in [-0.2, -0.15) is 4.98 Å². The molecule has 2 rings (SSSR count). The predicted octanol–water partition coefficient (Wildman–Crippen LogP) is -0.258. The molecule has 0 saturated carbocycles. The van der Waals surface area contributed by atoms with Crippen molar-refractivity contribution in [2.24, 2.45) is 5.84 Å². The van der Waals surface area contributed by atoms with E-state index in [1.807, 2.05) is 11.4 Å². The van der Waals surface area contributed by atoms with Crippen LogP contribution in [0, 0.1) is 0 Å². The maximum Gasteiger partial charge on any atom is 0.240 e. The Balaban J connectivity index is 2.39. The van der Waals surface area contributed by atoms with Gasteiger partial charge in [-0.05, 0) is 11.4 Å². The van der Waals surface area contributed by atoms with Gasteiger partial charge >= 0.3 is 0 Å². The number of hydrogen-bond acceptors (Lipinski definition) is 8. The van der Waals surface area contributed by atoms with Crippen LogP contribution in [0.25, 0.3) is 10.2 Å². The van der Waals surface area contributed by atoms with Gasteiger partial charge < -0.3 is 15.5 Å². The Morgan fingerprint density at radius 2 is 2.12 bits per heavy atom. The maximum absolute atomic E-state index is 9.03. The molecule has 6 N–H and O–H groups in total. The number of nitrogens with two attached hydrogens (primary N) is 1. The summed E-state index contributed by atoms with van der Waals surface area (Å²) in [5.74, 6) is 6.11. The molecule has 0 saturated heterocycles. The summed E-state index contributed by atoms with van der Waals surface area (Å²) in [5.41, 5.74) is 2.38. The van der Waals surface area contributed by atoms with Crippen LogP contribution in [0.2, 0.25) is 0 Å². The second kappa shape index (κ2) is 5.23. The zero-order valence-electron chi connectivity index (χ0n) is 8.92. The van der Waals surface area contributed by atoms with Gasteiger partial charge in [0, 0.05) is 0 Å². The van der Waals surface area contributed by atoms with E-state index < -0.39 is 6.04 Å². The van der Waals surface area contributed by atoms with Gasteiger partial charge in [-0.3, -0.25) is 5.43 Å². The number of nitrogens with zero attached hydrogens (tertiary/aromatic N) is 2. The molecule has 0 bridgehead atoms. The van der Waals surface area contributed by atoms with Crippen molar-refractivity contribution in [3.8, 4) is 0 Å². The molecule has 2 heterocycles. The summed E-state index contributed by atoms with van der Waals surface area (Å²) < 4.78 is 0. The van der Waals surface area contributed by atoms with Crippen LogP contribution in [0.4, 0.5) is 11.8 Å². The molecular formula is C9H13N5O2S. The van der Waals surface area contributed by atoms with E-state index in [1.54, 1.807) is 0 Å². The van der Waals surface area contributed by atoms with Crippen molar-refractivity contribution < 1.29 is 10.2 Å². The second-order valence-corrected chi connectivity index (χ2v) is 4.28. The lowest BCUT2D eigenvalue weighted by Gasteiger charge is -2.15. The van der Waals surface area contributed by atoms with E-state index in [2.05, 4.69) is 20.7 Å². The highest BCUT2D eigenvalue weighted by molar-refractivity contribution is 7.16. The van der Waals surface area contributed by atoms with Crippen LogP contribution in [0.5, 0.6) is 0 Å². The molecule has 0 spiro atoms. The van der Waals surface area contributed by atoms with Crippen LogP contribution in [0.1, 0.15) is 0 Å². The molecule has 0 atom stereocenters. The number of anilines is 2. The lowest BCUT2D eigenvalue weighted by atomic mass is 10.3. The molecule has 92 valence electrons. The van der Waals surface area contributed by atoms with Crippen molar-refractivity contribution in [3.05, 3.63) is 11.4 Å². The third kappa shape index (κ3) is 2.44. The third-order valence-corrected chi connectivity index (χ3v) is 3.04. The zero-order chi connectivity index (χ0) is 12.3. The lowest BCUT2D eigenvalue weighted by molar-refractivity contribution is 0.203. The summed E-state index contributed by atoms with van der Waals surface area (Å²) >= 11 is 1.46. The average Bonchev–Trinajstić information content (AvgIpc) is 2.83. The number of aliphatic hydroxyl groups is 2. The number of nitrogens with one attached hydrogen (secondary N) is 2. The molecule has 0 unspecified atom stereocenters. The van der Waals surface area contributed by atoms with E-state index in [1.165, 1.54) is 11.3 Å². The number of aromatic nitrogens is 2. The summed E-state index contributed by atoms with van der Waals surface area (Å²) in [6.07, 6.45) is 0. The van der Waals surface area contributed by atoms with Gasteiger partial charge in [-0.15, -0.1) is 11.3 Å². The van der Waals surface area contributed by atoms with Crippen molar-refractivity contribution in [2.75, 3.05) is 24.0 Å². The van der Waals surface area contributed by atoms with Crippen LogP contribution >= 0.6 is 11.3 Å². The fourth-order valence-corrected chi connectivity index (χ4v) is 2.14. The van der Waals surface area contributed by atoms with Gasteiger partial charge in [0.2, 0.25) is 5.95 Å². The topological polar surface area (TPSA) is 116 Å². The SMILES string of the molecule is NNc1nc(NC(CO)CO)c2ccsc2n1. The van der Waals surface area contributed by atoms with Crippen LogP contribution < -0.4 is 16.6 Å². The predicted molar refractivity (Wildman–Crippen MR) is 66.8 cm³/mol. The minimum Gasteiger partial charge on any atom is -0.394 e.